The number of aromatic nitrogens is 2. The predicted molar refractivity (Wildman–Crippen MR) is 107 cm³/mol. The summed E-state index contributed by atoms with van der Waals surface area (Å²) in [5.74, 6) is 2.51. The van der Waals surface area contributed by atoms with E-state index in [9.17, 15) is 9.59 Å². The standard InChI is InChI=1S/C21H33N5O2/c1-12(2)4-5-26(17-8-16(19(22)27)24-25(17)3)18-14-6-13-7-15(18)11-21(9-13,10-14)20(23)28/h8,12-15,18H,4-7,9-11H2,1-3H3,(H2,22,27)(H2,23,28). The van der Waals surface area contributed by atoms with Crippen LogP contribution in [0, 0.1) is 29.1 Å². The number of nitrogens with zero attached hydrogens (tertiary/aromatic N) is 3. The van der Waals surface area contributed by atoms with Gasteiger partial charge in [0.2, 0.25) is 5.91 Å². The minimum Gasteiger partial charge on any atom is -0.369 e. The van der Waals surface area contributed by atoms with Gasteiger partial charge in [-0.15, -0.1) is 0 Å². The van der Waals surface area contributed by atoms with Gasteiger partial charge in [0, 0.05) is 31.1 Å². The molecule has 4 N–H and O–H groups in total. The molecule has 2 atom stereocenters. The lowest BCUT2D eigenvalue weighted by atomic mass is 9.47. The van der Waals surface area contributed by atoms with Crippen molar-refractivity contribution in [3.8, 4) is 0 Å². The molecule has 0 aliphatic heterocycles. The van der Waals surface area contributed by atoms with Crippen molar-refractivity contribution in [2.75, 3.05) is 11.4 Å². The first-order valence-corrected chi connectivity index (χ1v) is 10.6. The highest BCUT2D eigenvalue weighted by molar-refractivity contribution is 5.91. The Kier molecular flexibility index (Phi) is 4.67. The van der Waals surface area contributed by atoms with Crippen LogP contribution in [0.5, 0.6) is 0 Å². The summed E-state index contributed by atoms with van der Waals surface area (Å²) in [7, 11) is 1.88. The third kappa shape index (κ3) is 3.08. The fourth-order valence-electron chi connectivity index (χ4n) is 6.47. The summed E-state index contributed by atoms with van der Waals surface area (Å²) in [4.78, 5) is 26.4. The van der Waals surface area contributed by atoms with E-state index in [1.54, 1.807) is 4.68 Å². The molecule has 7 nitrogen and oxygen atoms in total. The molecule has 28 heavy (non-hydrogen) atoms. The molecule has 0 saturated heterocycles. The molecule has 1 aromatic rings. The Morgan fingerprint density at radius 2 is 1.89 bits per heavy atom. The minimum atomic E-state index is -0.497. The van der Waals surface area contributed by atoms with Crippen molar-refractivity contribution in [3.63, 3.8) is 0 Å². The van der Waals surface area contributed by atoms with Crippen LogP contribution >= 0.6 is 0 Å². The van der Waals surface area contributed by atoms with Gasteiger partial charge in [-0.1, -0.05) is 13.8 Å². The molecule has 1 heterocycles. The van der Waals surface area contributed by atoms with Crippen molar-refractivity contribution >= 4 is 17.6 Å². The van der Waals surface area contributed by atoms with Gasteiger partial charge < -0.3 is 16.4 Å². The fraction of sp³-hybridized carbons (Fsp3) is 0.762. The molecule has 154 valence electrons. The number of hydrogen-bond donors (Lipinski definition) is 2. The van der Waals surface area contributed by atoms with Gasteiger partial charge in [0.1, 0.15) is 5.82 Å². The van der Waals surface area contributed by atoms with E-state index >= 15 is 0 Å². The van der Waals surface area contributed by atoms with E-state index in [0.29, 0.717) is 35.4 Å². The van der Waals surface area contributed by atoms with Crippen LogP contribution < -0.4 is 16.4 Å². The van der Waals surface area contributed by atoms with Gasteiger partial charge in [-0.05, 0) is 62.2 Å². The maximum atomic E-state index is 12.3. The van der Waals surface area contributed by atoms with Gasteiger partial charge in [0.15, 0.2) is 5.69 Å². The second-order valence-electron chi connectivity index (χ2n) is 9.86. The molecule has 1 aromatic heterocycles. The lowest BCUT2D eigenvalue weighted by molar-refractivity contribution is -0.144. The van der Waals surface area contributed by atoms with Crippen LogP contribution in [0.4, 0.5) is 5.82 Å². The molecule has 2 unspecified atom stereocenters. The summed E-state index contributed by atoms with van der Waals surface area (Å²) in [6, 6.07) is 2.20. The normalized spacial score (nSPS) is 33.4. The SMILES string of the molecule is CC(C)CCN(c1cc(C(N)=O)nn1C)C1C2CC3CC1CC(C(N)=O)(C3)C2. The molecule has 5 rings (SSSR count). The highest BCUT2D eigenvalue weighted by Gasteiger charge is 2.59. The lowest BCUT2D eigenvalue weighted by Gasteiger charge is -2.61. The lowest BCUT2D eigenvalue weighted by Crippen LogP contribution is -2.62. The number of aryl methyl sites for hydroxylation is 1. The number of rotatable bonds is 7. The quantitative estimate of drug-likeness (QED) is 0.746. The van der Waals surface area contributed by atoms with E-state index in [2.05, 4.69) is 23.8 Å². The first-order valence-electron chi connectivity index (χ1n) is 10.6. The highest BCUT2D eigenvalue weighted by Crippen LogP contribution is 2.61. The average Bonchev–Trinajstić information content (AvgIpc) is 2.98. The Labute approximate surface area is 166 Å². The van der Waals surface area contributed by atoms with Crippen molar-refractivity contribution in [2.45, 2.75) is 58.4 Å². The molecule has 4 bridgehead atoms. The Morgan fingerprint density at radius 3 is 2.39 bits per heavy atom. The van der Waals surface area contributed by atoms with Gasteiger partial charge in [0.05, 0.1) is 0 Å². The highest BCUT2D eigenvalue weighted by atomic mass is 16.1. The minimum absolute atomic E-state index is 0.101. The second-order valence-corrected chi connectivity index (χ2v) is 9.86. The van der Waals surface area contributed by atoms with Crippen LogP contribution in [0.2, 0.25) is 0 Å². The molecule has 0 spiro atoms. The third-order valence-corrected chi connectivity index (χ3v) is 7.46. The summed E-state index contributed by atoms with van der Waals surface area (Å²) >= 11 is 0. The summed E-state index contributed by atoms with van der Waals surface area (Å²) in [5.41, 5.74) is 11.4. The summed E-state index contributed by atoms with van der Waals surface area (Å²) in [6.07, 6.45) is 6.20. The number of nitrogens with two attached hydrogens (primary N) is 2. The first-order chi connectivity index (χ1) is 13.2. The zero-order valence-electron chi connectivity index (χ0n) is 17.2. The van der Waals surface area contributed by atoms with Crippen molar-refractivity contribution in [3.05, 3.63) is 11.8 Å². The van der Waals surface area contributed by atoms with Crippen LogP contribution in [-0.2, 0) is 11.8 Å². The summed E-state index contributed by atoms with van der Waals surface area (Å²) in [6.45, 7) is 5.38. The van der Waals surface area contributed by atoms with Gasteiger partial charge in [0.25, 0.3) is 5.91 Å². The molecule has 2 amide bonds. The van der Waals surface area contributed by atoms with E-state index < -0.39 is 5.91 Å². The van der Waals surface area contributed by atoms with Gasteiger partial charge >= 0.3 is 0 Å². The maximum Gasteiger partial charge on any atom is 0.269 e. The smallest absolute Gasteiger partial charge is 0.269 e. The second kappa shape index (κ2) is 6.78. The molecule has 4 aliphatic rings. The predicted octanol–water partition coefficient (Wildman–Crippen LogP) is 2.05. The Balaban J connectivity index is 1.68. The van der Waals surface area contributed by atoms with Crippen molar-refractivity contribution in [1.29, 1.82) is 0 Å². The van der Waals surface area contributed by atoms with E-state index in [-0.39, 0.29) is 11.3 Å². The topological polar surface area (TPSA) is 107 Å². The van der Waals surface area contributed by atoms with Crippen molar-refractivity contribution < 1.29 is 9.59 Å². The summed E-state index contributed by atoms with van der Waals surface area (Å²) < 4.78 is 1.79. The fourth-order valence-corrected chi connectivity index (χ4v) is 6.47. The van der Waals surface area contributed by atoms with Gasteiger partial charge in [-0.25, -0.2) is 0 Å². The number of carbonyl (C=O) groups excluding carboxylic acids is 2. The van der Waals surface area contributed by atoms with Gasteiger partial charge in [-0.3, -0.25) is 14.3 Å². The molecule has 4 fully saturated rings. The molecule has 4 aliphatic carbocycles. The van der Waals surface area contributed by atoms with E-state index in [0.717, 1.165) is 38.0 Å². The number of anilines is 1. The number of primary amides is 2. The van der Waals surface area contributed by atoms with Crippen LogP contribution in [0.1, 0.15) is 62.9 Å². The third-order valence-electron chi connectivity index (χ3n) is 7.46. The van der Waals surface area contributed by atoms with Crippen LogP contribution in [0.3, 0.4) is 0 Å². The van der Waals surface area contributed by atoms with E-state index in [1.807, 2.05) is 13.1 Å². The summed E-state index contributed by atoms with van der Waals surface area (Å²) in [5, 5.41) is 4.34. The molecule has 4 saturated carbocycles. The Morgan fingerprint density at radius 1 is 1.25 bits per heavy atom. The monoisotopic (exact) mass is 387 g/mol. The van der Waals surface area contributed by atoms with E-state index in [4.69, 9.17) is 11.5 Å². The maximum absolute atomic E-state index is 12.3. The zero-order valence-corrected chi connectivity index (χ0v) is 17.2. The first kappa shape index (κ1) is 19.3. The molecule has 0 aromatic carbocycles. The molecular formula is C21H33N5O2. The van der Waals surface area contributed by atoms with Crippen molar-refractivity contribution in [2.24, 2.45) is 47.6 Å². The van der Waals surface area contributed by atoms with Crippen LogP contribution in [0.15, 0.2) is 6.07 Å². The number of amides is 2. The van der Waals surface area contributed by atoms with E-state index in [1.165, 1.54) is 12.8 Å². The molecule has 7 heteroatoms. The van der Waals surface area contributed by atoms with Gasteiger partial charge in [-0.2, -0.15) is 5.10 Å². The number of carbonyl (C=O) groups is 2. The zero-order chi connectivity index (χ0) is 20.2. The molecule has 0 radical (unpaired) electrons. The van der Waals surface area contributed by atoms with Crippen LogP contribution in [0.25, 0.3) is 0 Å². The average molecular weight is 388 g/mol. The van der Waals surface area contributed by atoms with Crippen LogP contribution in [-0.4, -0.2) is 34.2 Å². The number of hydrogen-bond acceptors (Lipinski definition) is 4. The van der Waals surface area contributed by atoms with Crippen molar-refractivity contribution in [1.82, 2.24) is 9.78 Å². The molecular weight excluding hydrogens is 354 g/mol. The Hall–Kier alpha value is -2.05. The largest absolute Gasteiger partial charge is 0.369 e. The Bertz CT molecular complexity index is 770.